The number of allylic oxidation sites excluding steroid dienone is 1. The molecule has 7 rings (SSSR count). The lowest BCUT2D eigenvalue weighted by Crippen LogP contribution is -2.71. The molecule has 2 aromatic rings. The molecule has 1 aromatic carbocycles. The van der Waals surface area contributed by atoms with Crippen LogP contribution in [0.15, 0.2) is 70.6 Å². The molecule has 4 fully saturated rings. The highest BCUT2D eigenvalue weighted by molar-refractivity contribution is 5.87. The van der Waals surface area contributed by atoms with Crippen molar-refractivity contribution in [2.75, 3.05) is 13.7 Å². The molecule has 1 aromatic heterocycles. The highest BCUT2D eigenvalue weighted by Crippen LogP contribution is 2.74. The summed E-state index contributed by atoms with van der Waals surface area (Å²) in [7, 11) is 1.41. The first-order valence-corrected chi connectivity index (χ1v) is 16.6. The van der Waals surface area contributed by atoms with Crippen LogP contribution in [-0.2, 0) is 38.1 Å². The molecule has 11 atom stereocenters. The Morgan fingerprint density at radius 2 is 1.79 bits per heavy atom. The Hall–Kier alpha value is -3.69. The number of esters is 3. The van der Waals surface area contributed by atoms with E-state index in [2.05, 4.69) is 27.7 Å². The van der Waals surface area contributed by atoms with Crippen LogP contribution in [0, 0.1) is 28.1 Å². The van der Waals surface area contributed by atoms with Crippen LogP contribution >= 0.6 is 0 Å². The molecule has 2 saturated carbocycles. The van der Waals surface area contributed by atoms with Gasteiger partial charge in [-0.05, 0) is 48.1 Å². The first-order chi connectivity index (χ1) is 22.4. The fourth-order valence-corrected chi connectivity index (χ4v) is 10.6. The van der Waals surface area contributed by atoms with Gasteiger partial charge >= 0.3 is 17.9 Å². The molecule has 0 spiro atoms. The van der Waals surface area contributed by atoms with Gasteiger partial charge in [0.05, 0.1) is 44.6 Å². The molecule has 0 bridgehead atoms. The van der Waals surface area contributed by atoms with E-state index in [4.69, 9.17) is 28.1 Å². The molecule has 0 unspecified atom stereocenters. The van der Waals surface area contributed by atoms with Gasteiger partial charge in [-0.15, -0.1) is 0 Å². The molecular weight excluding hydrogens is 600 g/mol. The van der Waals surface area contributed by atoms with E-state index in [1.54, 1.807) is 18.6 Å². The average molecular weight is 645 g/mol. The Morgan fingerprint density at radius 3 is 2.47 bits per heavy atom. The number of furan rings is 1. The van der Waals surface area contributed by atoms with Crippen LogP contribution in [0.1, 0.15) is 70.9 Å². The van der Waals surface area contributed by atoms with E-state index in [0.717, 1.165) is 17.5 Å². The monoisotopic (exact) mass is 644 g/mol. The zero-order valence-electron chi connectivity index (χ0n) is 27.9. The van der Waals surface area contributed by atoms with Crippen molar-refractivity contribution in [3.05, 3.63) is 77.3 Å². The highest BCUT2D eigenvalue weighted by Gasteiger charge is 2.78. The van der Waals surface area contributed by atoms with Crippen LogP contribution in [0.5, 0.6) is 0 Å². The smallest absolute Gasteiger partial charge is 0.331 e. The van der Waals surface area contributed by atoms with E-state index < -0.39 is 40.4 Å². The molecule has 47 heavy (non-hydrogen) atoms. The normalized spacial score (nSPS) is 40.1. The van der Waals surface area contributed by atoms with Gasteiger partial charge in [0.1, 0.15) is 12.2 Å². The first kappa shape index (κ1) is 31.9. The molecule has 0 radical (unpaired) electrons. The van der Waals surface area contributed by atoms with Crippen molar-refractivity contribution in [1.29, 1.82) is 0 Å². The fourth-order valence-electron chi connectivity index (χ4n) is 10.6. The first-order valence-electron chi connectivity index (χ1n) is 16.6. The van der Waals surface area contributed by atoms with E-state index in [9.17, 15) is 14.4 Å². The van der Waals surface area contributed by atoms with Crippen molar-refractivity contribution in [1.82, 2.24) is 0 Å². The molecule has 3 heterocycles. The summed E-state index contributed by atoms with van der Waals surface area (Å²) in [4.78, 5) is 39.5. The minimum absolute atomic E-state index is 0.106. The van der Waals surface area contributed by atoms with E-state index in [-0.39, 0.29) is 54.9 Å². The van der Waals surface area contributed by atoms with Gasteiger partial charge in [0.25, 0.3) is 0 Å². The molecule has 2 saturated heterocycles. The molecule has 9 nitrogen and oxygen atoms in total. The summed E-state index contributed by atoms with van der Waals surface area (Å²) < 4.78 is 37.0. The van der Waals surface area contributed by atoms with Crippen molar-refractivity contribution in [2.45, 2.75) is 90.3 Å². The molecule has 0 N–H and O–H groups in total. The summed E-state index contributed by atoms with van der Waals surface area (Å²) in [5, 5.41) is 0. The maximum absolute atomic E-state index is 13.6. The van der Waals surface area contributed by atoms with Crippen LogP contribution in [0.2, 0.25) is 0 Å². The van der Waals surface area contributed by atoms with Crippen molar-refractivity contribution >= 4 is 24.0 Å². The topological polar surface area (TPSA) is 111 Å². The number of fused-ring (bicyclic) bond motifs is 4. The van der Waals surface area contributed by atoms with Gasteiger partial charge in [0.15, 0.2) is 0 Å². The zero-order chi connectivity index (χ0) is 33.3. The summed E-state index contributed by atoms with van der Waals surface area (Å²) in [5.74, 6) is -1.70. The van der Waals surface area contributed by atoms with E-state index in [0.29, 0.717) is 6.61 Å². The molecule has 0 amide bonds. The molecule has 9 heteroatoms. The number of hydrogen-bond donors (Lipinski definition) is 0. The van der Waals surface area contributed by atoms with Gasteiger partial charge in [-0.3, -0.25) is 9.59 Å². The van der Waals surface area contributed by atoms with Gasteiger partial charge in [-0.1, -0.05) is 56.7 Å². The SMILES string of the molecule is COC(=O)C[C@@H]1[C@@]2(C)C3=C(C)[C@@H](c4ccoc4)C[C@@H]3O[C@H]2[C@H]2OC[C@@]3(C)[C@@H](OC(C)=O)C[C@@H](OC(=O)/C=C/c4ccccc4)[C@]1(C)[C@H]23. The van der Waals surface area contributed by atoms with Crippen molar-refractivity contribution in [3.8, 4) is 0 Å². The Labute approximate surface area is 275 Å². The number of rotatable bonds is 7. The number of benzene rings is 1. The largest absolute Gasteiger partial charge is 0.472 e. The number of hydrogen-bond acceptors (Lipinski definition) is 9. The summed E-state index contributed by atoms with van der Waals surface area (Å²) in [6, 6.07) is 11.5. The van der Waals surface area contributed by atoms with Gasteiger partial charge in [0, 0.05) is 53.9 Å². The second-order valence-corrected chi connectivity index (χ2v) is 14.7. The molecule has 3 aliphatic carbocycles. The maximum Gasteiger partial charge on any atom is 0.331 e. The van der Waals surface area contributed by atoms with Crippen LogP contribution in [0.25, 0.3) is 6.08 Å². The quantitative estimate of drug-likeness (QED) is 0.154. The van der Waals surface area contributed by atoms with E-state index in [1.807, 2.05) is 36.4 Å². The second kappa shape index (κ2) is 11.5. The van der Waals surface area contributed by atoms with Crippen LogP contribution in [0.4, 0.5) is 0 Å². The third-order valence-corrected chi connectivity index (χ3v) is 12.5. The highest BCUT2D eigenvalue weighted by atomic mass is 16.6. The van der Waals surface area contributed by atoms with Crippen molar-refractivity contribution in [3.63, 3.8) is 0 Å². The fraction of sp³-hybridized carbons (Fsp3) is 0.553. The number of methoxy groups -OCH3 is 1. The Balaban J connectivity index is 1.36. The van der Waals surface area contributed by atoms with Crippen molar-refractivity contribution in [2.24, 2.45) is 28.1 Å². The molecule has 2 aliphatic heterocycles. The standard InChI is InChI=1S/C38H44O9/c1-21-25(24-14-15-43-19-24)16-26-32(21)38(5)27(17-31(41)42-6)37(4)29(47-30(40)13-12-23-10-8-7-9-11-23)18-28(45-22(2)39)36(3)20-44-33(34(36)37)35(38)46-26/h7-15,19,25-29,33-35H,16-18,20H2,1-6H3/b13-12+/t25-,26-,27-,28-,29+,33-,34+,35-,36-,37+,38-/m0/s1. The predicted octanol–water partition coefficient (Wildman–Crippen LogP) is 6.04. The summed E-state index contributed by atoms with van der Waals surface area (Å²) in [6.45, 7) is 10.4. The maximum atomic E-state index is 13.6. The van der Waals surface area contributed by atoms with Crippen LogP contribution in [0.3, 0.4) is 0 Å². The van der Waals surface area contributed by atoms with Gasteiger partial charge < -0.3 is 28.1 Å². The Kier molecular flexibility index (Phi) is 7.79. The minimum atomic E-state index is -0.776. The third-order valence-electron chi connectivity index (χ3n) is 12.5. The Bertz CT molecular complexity index is 1610. The zero-order valence-corrected chi connectivity index (χ0v) is 27.9. The van der Waals surface area contributed by atoms with Crippen LogP contribution < -0.4 is 0 Å². The number of ether oxygens (including phenoxy) is 5. The predicted molar refractivity (Wildman–Crippen MR) is 171 cm³/mol. The van der Waals surface area contributed by atoms with E-state index >= 15 is 0 Å². The lowest BCUT2D eigenvalue weighted by molar-refractivity contribution is -0.251. The van der Waals surface area contributed by atoms with E-state index in [1.165, 1.54) is 31.3 Å². The number of carbonyl (C=O) groups is 3. The lowest BCUT2D eigenvalue weighted by atomic mass is 9.40. The van der Waals surface area contributed by atoms with Crippen LogP contribution in [-0.4, -0.2) is 62.1 Å². The van der Waals surface area contributed by atoms with Gasteiger partial charge in [-0.2, -0.15) is 0 Å². The molecule has 5 aliphatic rings. The number of carbonyl (C=O) groups excluding carboxylic acids is 3. The minimum Gasteiger partial charge on any atom is -0.472 e. The summed E-state index contributed by atoms with van der Waals surface area (Å²) >= 11 is 0. The summed E-state index contributed by atoms with van der Waals surface area (Å²) in [6.07, 6.45) is 5.65. The summed E-state index contributed by atoms with van der Waals surface area (Å²) in [5.41, 5.74) is 2.36. The van der Waals surface area contributed by atoms with Gasteiger partial charge in [-0.25, -0.2) is 4.79 Å². The average Bonchev–Trinajstić information content (AvgIpc) is 3.82. The Morgan fingerprint density at radius 1 is 1.02 bits per heavy atom. The van der Waals surface area contributed by atoms with Crippen molar-refractivity contribution < 1.29 is 42.5 Å². The second-order valence-electron chi connectivity index (χ2n) is 14.7. The molecule has 250 valence electrons. The third kappa shape index (κ3) is 4.75. The lowest BCUT2D eigenvalue weighted by Gasteiger charge is -2.65. The molecular formula is C38H44O9. The van der Waals surface area contributed by atoms with Gasteiger partial charge in [0.2, 0.25) is 0 Å².